The van der Waals surface area contributed by atoms with Crippen LogP contribution in [-0.4, -0.2) is 74.8 Å². The molecule has 21 heavy (non-hydrogen) atoms. The van der Waals surface area contributed by atoms with Crippen molar-refractivity contribution < 1.29 is 4.74 Å². The van der Waals surface area contributed by atoms with Crippen LogP contribution in [0.2, 0.25) is 0 Å². The van der Waals surface area contributed by atoms with Crippen molar-refractivity contribution in [2.24, 2.45) is 10.4 Å². The number of hydrogen-bond donors (Lipinski definition) is 1. The number of nitrogens with one attached hydrogen (secondary N) is 1. The molecule has 0 aromatic carbocycles. The fraction of sp³-hybridized carbons (Fsp3) is 0.938. The summed E-state index contributed by atoms with van der Waals surface area (Å²) in [5, 5.41) is 3.43. The van der Waals surface area contributed by atoms with E-state index in [1.807, 2.05) is 0 Å². The number of ether oxygens (including phenoxy) is 1. The van der Waals surface area contributed by atoms with E-state index in [-0.39, 0.29) is 5.54 Å². The Labute approximate surface area is 130 Å². The first-order chi connectivity index (χ1) is 9.76. The maximum Gasteiger partial charge on any atom is 0.194 e. The molecule has 0 aromatic rings. The number of rotatable bonds is 7. The van der Waals surface area contributed by atoms with Gasteiger partial charge in [0.05, 0.1) is 13.2 Å². The summed E-state index contributed by atoms with van der Waals surface area (Å²) in [4.78, 5) is 9.44. The highest BCUT2D eigenvalue weighted by Crippen LogP contribution is 2.46. The second kappa shape index (κ2) is 7.45. The van der Waals surface area contributed by atoms with E-state index in [4.69, 9.17) is 9.73 Å². The van der Waals surface area contributed by atoms with Crippen molar-refractivity contribution in [1.82, 2.24) is 15.1 Å². The molecule has 1 saturated heterocycles. The van der Waals surface area contributed by atoms with Gasteiger partial charge in [-0.25, -0.2) is 0 Å². The van der Waals surface area contributed by atoms with Crippen molar-refractivity contribution in [1.29, 1.82) is 0 Å². The molecule has 0 unspecified atom stereocenters. The Morgan fingerprint density at radius 3 is 2.43 bits per heavy atom. The van der Waals surface area contributed by atoms with Crippen LogP contribution in [0.25, 0.3) is 0 Å². The van der Waals surface area contributed by atoms with Gasteiger partial charge in [-0.1, -0.05) is 13.8 Å². The molecule has 0 radical (unpaired) electrons. The fourth-order valence-electron chi connectivity index (χ4n) is 2.48. The van der Waals surface area contributed by atoms with E-state index in [1.54, 1.807) is 7.11 Å². The summed E-state index contributed by atoms with van der Waals surface area (Å²) in [5.41, 5.74) is 0.481. The molecule has 0 aliphatic carbocycles. The van der Waals surface area contributed by atoms with Gasteiger partial charge in [0, 0.05) is 44.2 Å². The highest BCUT2D eigenvalue weighted by atomic mass is 16.5. The molecule has 5 nitrogen and oxygen atoms in total. The Hall–Kier alpha value is -0.810. The van der Waals surface area contributed by atoms with Crippen LogP contribution in [0.3, 0.4) is 0 Å². The van der Waals surface area contributed by atoms with Crippen LogP contribution in [0.5, 0.6) is 0 Å². The van der Waals surface area contributed by atoms with Crippen LogP contribution in [0.1, 0.15) is 34.6 Å². The number of likely N-dealkylation sites (N-methyl/N-ethyl adjacent to an activating group) is 1. The minimum Gasteiger partial charge on any atom is -0.383 e. The molecule has 0 bridgehead atoms. The molecule has 0 amide bonds. The number of hydrogen-bond acceptors (Lipinski definition) is 3. The number of nitrogens with zero attached hydrogens (tertiary/aromatic N) is 3. The third kappa shape index (κ3) is 4.33. The summed E-state index contributed by atoms with van der Waals surface area (Å²) in [5.74, 6) is 1.04. The van der Waals surface area contributed by atoms with Crippen LogP contribution in [-0.2, 0) is 4.74 Å². The average Bonchev–Trinajstić information content (AvgIpc) is 2.41. The molecule has 1 heterocycles. The van der Waals surface area contributed by atoms with E-state index in [2.05, 4.69) is 56.8 Å². The van der Waals surface area contributed by atoms with Crippen molar-refractivity contribution in [3.63, 3.8) is 0 Å². The second-order valence-corrected chi connectivity index (χ2v) is 7.06. The lowest BCUT2D eigenvalue weighted by molar-refractivity contribution is -0.0667. The molecule has 1 N–H and O–H groups in total. The van der Waals surface area contributed by atoms with E-state index >= 15 is 0 Å². The molecule has 5 heteroatoms. The summed E-state index contributed by atoms with van der Waals surface area (Å²) in [6.07, 6.45) is 0. The predicted molar refractivity (Wildman–Crippen MR) is 89.9 cm³/mol. The van der Waals surface area contributed by atoms with Crippen LogP contribution in [0.4, 0.5) is 0 Å². The molecule has 124 valence electrons. The van der Waals surface area contributed by atoms with Gasteiger partial charge in [0.25, 0.3) is 0 Å². The smallest absolute Gasteiger partial charge is 0.194 e. The maximum atomic E-state index is 5.10. The summed E-state index contributed by atoms with van der Waals surface area (Å²) < 4.78 is 5.10. The third-order valence-corrected chi connectivity index (χ3v) is 4.90. The molecular weight excluding hydrogens is 264 g/mol. The zero-order valence-corrected chi connectivity index (χ0v) is 15.0. The molecule has 0 saturated carbocycles. The van der Waals surface area contributed by atoms with Crippen molar-refractivity contribution in [3.05, 3.63) is 0 Å². The Morgan fingerprint density at radius 2 is 1.95 bits per heavy atom. The van der Waals surface area contributed by atoms with Gasteiger partial charge in [0.1, 0.15) is 0 Å². The van der Waals surface area contributed by atoms with Gasteiger partial charge in [-0.15, -0.1) is 0 Å². The molecule has 0 atom stereocenters. The summed E-state index contributed by atoms with van der Waals surface area (Å²) in [6.45, 7) is 16.8. The summed E-state index contributed by atoms with van der Waals surface area (Å²) in [7, 11) is 3.85. The Morgan fingerprint density at radius 1 is 1.29 bits per heavy atom. The first-order valence-corrected chi connectivity index (χ1v) is 7.99. The fourth-order valence-corrected chi connectivity index (χ4v) is 2.48. The molecule has 1 fully saturated rings. The normalized spacial score (nSPS) is 20.6. The van der Waals surface area contributed by atoms with Gasteiger partial charge in [-0.3, -0.25) is 4.99 Å². The van der Waals surface area contributed by atoms with Crippen LogP contribution in [0, 0.1) is 5.41 Å². The zero-order chi connectivity index (χ0) is 16.1. The van der Waals surface area contributed by atoms with Crippen LogP contribution in [0.15, 0.2) is 4.99 Å². The number of aliphatic imine (C=N–C) groups is 1. The Bertz CT molecular complexity index is 352. The minimum absolute atomic E-state index is 0.149. The van der Waals surface area contributed by atoms with Crippen molar-refractivity contribution in [2.75, 3.05) is 53.5 Å². The van der Waals surface area contributed by atoms with Crippen LogP contribution >= 0.6 is 0 Å². The average molecular weight is 298 g/mol. The van der Waals surface area contributed by atoms with Crippen molar-refractivity contribution in [3.8, 4) is 0 Å². The molecule has 0 aromatic heterocycles. The van der Waals surface area contributed by atoms with Gasteiger partial charge in [-0.05, 0) is 27.8 Å². The van der Waals surface area contributed by atoms with Crippen molar-refractivity contribution >= 4 is 5.96 Å². The largest absolute Gasteiger partial charge is 0.383 e. The molecule has 1 aliphatic rings. The first-order valence-electron chi connectivity index (χ1n) is 7.99. The summed E-state index contributed by atoms with van der Waals surface area (Å²) >= 11 is 0. The summed E-state index contributed by atoms with van der Waals surface area (Å²) in [6, 6.07) is 0. The maximum absolute atomic E-state index is 5.10. The monoisotopic (exact) mass is 298 g/mol. The van der Waals surface area contributed by atoms with Crippen molar-refractivity contribution in [2.45, 2.75) is 40.2 Å². The van der Waals surface area contributed by atoms with E-state index in [1.165, 1.54) is 0 Å². The minimum atomic E-state index is 0.149. The van der Waals surface area contributed by atoms with Gasteiger partial charge in [0.15, 0.2) is 5.96 Å². The molecule has 1 aliphatic heterocycles. The Kier molecular flexibility index (Phi) is 6.47. The SMILES string of the molecule is CCNC(=NCCN(C)CCOC)N1CC(C)(C)C1(C)C. The molecular formula is C16H34N4O. The quantitative estimate of drug-likeness (QED) is 0.573. The lowest BCUT2D eigenvalue weighted by Gasteiger charge is -2.62. The van der Waals surface area contributed by atoms with Gasteiger partial charge < -0.3 is 19.9 Å². The highest BCUT2D eigenvalue weighted by molar-refractivity contribution is 5.82. The number of likely N-dealkylation sites (tertiary alicyclic amines) is 1. The standard InChI is InChI=1S/C16H34N4O/c1-8-17-14(18-9-10-19(6)11-12-21-7)20-13-15(2,3)16(20,4)5/h8-13H2,1-7H3,(H,17,18). The number of guanidine groups is 1. The topological polar surface area (TPSA) is 40.1 Å². The highest BCUT2D eigenvalue weighted by Gasteiger charge is 2.53. The van der Waals surface area contributed by atoms with Gasteiger partial charge in [0.2, 0.25) is 0 Å². The second-order valence-electron chi connectivity index (χ2n) is 7.06. The Balaban J connectivity index is 2.56. The van der Waals surface area contributed by atoms with E-state index < -0.39 is 0 Å². The zero-order valence-electron chi connectivity index (χ0n) is 15.0. The lowest BCUT2D eigenvalue weighted by Crippen LogP contribution is -2.72. The lowest BCUT2D eigenvalue weighted by atomic mass is 9.65. The molecule has 0 spiro atoms. The first kappa shape index (κ1) is 18.2. The van der Waals surface area contributed by atoms with E-state index in [9.17, 15) is 0 Å². The van der Waals surface area contributed by atoms with E-state index in [0.29, 0.717) is 5.41 Å². The third-order valence-electron chi connectivity index (χ3n) is 4.90. The number of methoxy groups -OCH3 is 1. The van der Waals surface area contributed by atoms with Crippen LogP contribution < -0.4 is 5.32 Å². The molecule has 1 rings (SSSR count). The predicted octanol–water partition coefficient (Wildman–Crippen LogP) is 1.65. The van der Waals surface area contributed by atoms with Gasteiger partial charge in [-0.2, -0.15) is 0 Å². The van der Waals surface area contributed by atoms with E-state index in [0.717, 1.165) is 45.3 Å². The van der Waals surface area contributed by atoms with Gasteiger partial charge >= 0.3 is 0 Å².